The number of anilines is 1. The van der Waals surface area contributed by atoms with Gasteiger partial charge in [0.2, 0.25) is 0 Å². The number of para-hydroxylation sites is 2. The van der Waals surface area contributed by atoms with Crippen LogP contribution in [0.4, 0.5) is 10.1 Å². The third kappa shape index (κ3) is 1.84. The number of carbonyl (C=O) groups excluding carboxylic acids is 1. The molecule has 3 nitrogen and oxygen atoms in total. The molecule has 0 radical (unpaired) electrons. The van der Waals surface area contributed by atoms with Crippen molar-refractivity contribution in [2.45, 2.75) is 5.54 Å². The summed E-state index contributed by atoms with van der Waals surface area (Å²) in [5.74, 6) is -0.371. The zero-order chi connectivity index (χ0) is 17.7. The van der Waals surface area contributed by atoms with Crippen LogP contribution >= 0.6 is 0 Å². The third-order valence-electron chi connectivity index (χ3n) is 5.11. The Labute approximate surface area is 149 Å². The van der Waals surface area contributed by atoms with Gasteiger partial charge in [0.05, 0.1) is 5.52 Å². The molecule has 0 fully saturated rings. The monoisotopic (exact) mass is 342 g/mol. The Morgan fingerprint density at radius 3 is 2.42 bits per heavy atom. The van der Waals surface area contributed by atoms with Crippen molar-refractivity contribution in [2.75, 3.05) is 5.32 Å². The van der Waals surface area contributed by atoms with E-state index >= 15 is 0 Å². The maximum Gasteiger partial charge on any atom is 0.199 e. The fraction of sp³-hybridized carbons (Fsp3) is 0.0455. The largest absolute Gasteiger partial charge is 0.365 e. The van der Waals surface area contributed by atoms with E-state index in [1.807, 2.05) is 60.7 Å². The van der Waals surface area contributed by atoms with E-state index < -0.39 is 5.54 Å². The highest BCUT2D eigenvalue weighted by Crippen LogP contribution is 2.46. The Hall–Kier alpha value is -3.40. The molecule has 2 N–H and O–H groups in total. The molecule has 2 heterocycles. The average Bonchev–Trinajstić information content (AvgIpc) is 3.24. The Morgan fingerprint density at radius 2 is 1.62 bits per heavy atom. The van der Waals surface area contributed by atoms with Gasteiger partial charge in [-0.2, -0.15) is 0 Å². The summed E-state index contributed by atoms with van der Waals surface area (Å²) in [4.78, 5) is 16.6. The molecule has 5 rings (SSSR count). The molecule has 0 spiro atoms. The van der Waals surface area contributed by atoms with Gasteiger partial charge in [-0.25, -0.2) is 4.39 Å². The lowest BCUT2D eigenvalue weighted by atomic mass is 9.79. The van der Waals surface area contributed by atoms with E-state index in [1.165, 1.54) is 6.07 Å². The number of aromatic nitrogens is 1. The summed E-state index contributed by atoms with van der Waals surface area (Å²) in [5.41, 5.74) is 2.29. The van der Waals surface area contributed by atoms with E-state index in [0.717, 1.165) is 16.8 Å². The van der Waals surface area contributed by atoms with E-state index in [9.17, 15) is 9.18 Å². The lowest BCUT2D eigenvalue weighted by molar-refractivity contribution is 0.0941. The van der Waals surface area contributed by atoms with Crippen molar-refractivity contribution in [1.29, 1.82) is 0 Å². The van der Waals surface area contributed by atoms with Gasteiger partial charge in [0.15, 0.2) is 11.3 Å². The number of ketones is 1. The van der Waals surface area contributed by atoms with Gasteiger partial charge in [0.1, 0.15) is 5.82 Å². The summed E-state index contributed by atoms with van der Waals surface area (Å²) >= 11 is 0. The van der Waals surface area contributed by atoms with E-state index in [1.54, 1.807) is 12.3 Å². The molecule has 0 saturated carbocycles. The van der Waals surface area contributed by atoms with Crippen LogP contribution in [0.2, 0.25) is 0 Å². The molecule has 0 saturated heterocycles. The van der Waals surface area contributed by atoms with Gasteiger partial charge in [-0.3, -0.25) is 4.79 Å². The molecule has 1 aromatic heterocycles. The number of halogens is 1. The first kappa shape index (κ1) is 14.9. The Bertz CT molecular complexity index is 1150. The lowest BCUT2D eigenvalue weighted by Gasteiger charge is -2.29. The molecule has 0 bridgehead atoms. The van der Waals surface area contributed by atoms with Gasteiger partial charge in [0.25, 0.3) is 0 Å². The van der Waals surface area contributed by atoms with E-state index in [-0.39, 0.29) is 11.6 Å². The quantitative estimate of drug-likeness (QED) is 0.546. The minimum atomic E-state index is -1.09. The number of hydrogen-bond acceptors (Lipinski definition) is 2. The number of aromatic amines is 1. The number of benzene rings is 3. The lowest BCUT2D eigenvalue weighted by Crippen LogP contribution is -2.39. The van der Waals surface area contributed by atoms with Gasteiger partial charge >= 0.3 is 0 Å². The van der Waals surface area contributed by atoms with Gasteiger partial charge in [0, 0.05) is 28.4 Å². The topological polar surface area (TPSA) is 44.9 Å². The first-order valence-corrected chi connectivity index (χ1v) is 8.45. The van der Waals surface area contributed by atoms with E-state index in [4.69, 9.17) is 0 Å². The molecule has 4 aromatic rings. The van der Waals surface area contributed by atoms with Crippen LogP contribution < -0.4 is 5.32 Å². The van der Waals surface area contributed by atoms with Crippen molar-refractivity contribution in [3.05, 3.63) is 102 Å². The summed E-state index contributed by atoms with van der Waals surface area (Å²) in [6, 6.07) is 22.0. The number of hydrogen-bond donors (Lipinski definition) is 2. The predicted octanol–water partition coefficient (Wildman–Crippen LogP) is 4.86. The standard InChI is InChI=1S/C22H15FN2O/c23-18-11-6-10-15-17(13-24-20(15)18)22(14-7-2-1-3-8-14)21(26)16-9-4-5-12-19(16)25-22/h1-13,24-25H. The Kier molecular flexibility index (Phi) is 3.04. The maximum absolute atomic E-state index is 14.2. The molecular weight excluding hydrogens is 327 g/mol. The highest BCUT2D eigenvalue weighted by atomic mass is 19.1. The van der Waals surface area contributed by atoms with Gasteiger partial charge < -0.3 is 10.3 Å². The molecule has 0 aliphatic carbocycles. The van der Waals surface area contributed by atoms with Crippen LogP contribution in [0.15, 0.2) is 79.0 Å². The van der Waals surface area contributed by atoms with Crippen LogP contribution in [-0.4, -0.2) is 10.8 Å². The second-order valence-corrected chi connectivity index (χ2v) is 6.48. The number of fused-ring (bicyclic) bond motifs is 2. The predicted molar refractivity (Wildman–Crippen MR) is 99.9 cm³/mol. The van der Waals surface area contributed by atoms with Crippen molar-refractivity contribution >= 4 is 22.4 Å². The Balaban J connectivity index is 1.85. The summed E-state index contributed by atoms with van der Waals surface area (Å²) in [5, 5.41) is 4.13. The summed E-state index contributed by atoms with van der Waals surface area (Å²) < 4.78 is 14.2. The second kappa shape index (κ2) is 5.30. The zero-order valence-corrected chi connectivity index (χ0v) is 13.8. The second-order valence-electron chi connectivity index (χ2n) is 6.48. The fourth-order valence-electron chi connectivity index (χ4n) is 3.92. The van der Waals surface area contributed by atoms with Crippen LogP contribution in [0.3, 0.4) is 0 Å². The number of H-pyrrole nitrogens is 1. The number of rotatable bonds is 2. The van der Waals surface area contributed by atoms with Crippen molar-refractivity contribution in [2.24, 2.45) is 0 Å². The minimum absolute atomic E-state index is 0.0375. The van der Waals surface area contributed by atoms with Crippen molar-refractivity contribution in [1.82, 2.24) is 4.98 Å². The van der Waals surface area contributed by atoms with Crippen LogP contribution in [-0.2, 0) is 5.54 Å². The molecule has 1 unspecified atom stereocenters. The van der Waals surface area contributed by atoms with Crippen LogP contribution in [0.5, 0.6) is 0 Å². The van der Waals surface area contributed by atoms with Gasteiger partial charge in [-0.05, 0) is 23.8 Å². The molecular formula is C22H15FN2O. The molecule has 4 heteroatoms. The van der Waals surface area contributed by atoms with Crippen LogP contribution in [0, 0.1) is 5.82 Å². The van der Waals surface area contributed by atoms with Crippen molar-refractivity contribution in [3.63, 3.8) is 0 Å². The van der Waals surface area contributed by atoms with Crippen molar-refractivity contribution in [3.8, 4) is 0 Å². The molecule has 126 valence electrons. The fourth-order valence-corrected chi connectivity index (χ4v) is 3.92. The minimum Gasteiger partial charge on any atom is -0.365 e. The first-order valence-electron chi connectivity index (χ1n) is 8.45. The number of carbonyl (C=O) groups is 1. The zero-order valence-electron chi connectivity index (χ0n) is 13.8. The summed E-state index contributed by atoms with van der Waals surface area (Å²) in [6.07, 6.45) is 1.73. The summed E-state index contributed by atoms with van der Waals surface area (Å²) in [7, 11) is 0. The average molecular weight is 342 g/mol. The van der Waals surface area contributed by atoms with Crippen LogP contribution in [0.1, 0.15) is 21.5 Å². The van der Waals surface area contributed by atoms with Crippen LogP contribution in [0.25, 0.3) is 10.9 Å². The number of nitrogens with one attached hydrogen (secondary N) is 2. The van der Waals surface area contributed by atoms with E-state index in [2.05, 4.69) is 10.3 Å². The van der Waals surface area contributed by atoms with Gasteiger partial charge in [-0.15, -0.1) is 0 Å². The summed E-state index contributed by atoms with van der Waals surface area (Å²) in [6.45, 7) is 0. The van der Waals surface area contributed by atoms with E-state index in [0.29, 0.717) is 16.5 Å². The Morgan fingerprint density at radius 1 is 0.846 bits per heavy atom. The highest BCUT2D eigenvalue weighted by Gasteiger charge is 2.49. The molecule has 1 aliphatic heterocycles. The third-order valence-corrected chi connectivity index (χ3v) is 5.11. The molecule has 3 aromatic carbocycles. The molecule has 1 atom stereocenters. The number of Topliss-reactive ketones (excluding diaryl/α,β-unsaturated/α-hetero) is 1. The molecule has 26 heavy (non-hydrogen) atoms. The smallest absolute Gasteiger partial charge is 0.199 e. The van der Waals surface area contributed by atoms with Gasteiger partial charge in [-0.1, -0.05) is 54.6 Å². The van der Waals surface area contributed by atoms with Crippen molar-refractivity contribution < 1.29 is 9.18 Å². The molecule has 1 aliphatic rings. The highest BCUT2D eigenvalue weighted by molar-refractivity contribution is 6.17. The SMILES string of the molecule is O=C1c2ccccc2NC1(c1ccccc1)c1c[nH]c2c(F)cccc12. The normalized spacial score (nSPS) is 18.7. The maximum atomic E-state index is 14.2. The first-order chi connectivity index (χ1) is 12.7. The molecule has 0 amide bonds.